The van der Waals surface area contributed by atoms with E-state index in [1.807, 2.05) is 0 Å². The number of amides is 1. The van der Waals surface area contributed by atoms with E-state index in [0.717, 1.165) is 31.4 Å². The summed E-state index contributed by atoms with van der Waals surface area (Å²) in [6.45, 7) is 0.240. The monoisotopic (exact) mass is 286 g/mol. The predicted octanol–water partition coefficient (Wildman–Crippen LogP) is 2.50. The minimum absolute atomic E-state index is 0.240. The largest absolute Gasteiger partial charge is 0.345 e. The number of halogens is 3. The van der Waals surface area contributed by atoms with Gasteiger partial charge < -0.3 is 11.1 Å². The molecule has 1 aromatic rings. The molecule has 1 amide bonds. The summed E-state index contributed by atoms with van der Waals surface area (Å²) in [6.07, 6.45) is 4.34. The summed E-state index contributed by atoms with van der Waals surface area (Å²) in [4.78, 5) is 12.1. The molecule has 1 aliphatic carbocycles. The summed E-state index contributed by atoms with van der Waals surface area (Å²) < 4.78 is 39.6. The fourth-order valence-electron chi connectivity index (χ4n) is 2.62. The van der Waals surface area contributed by atoms with Crippen molar-refractivity contribution in [3.8, 4) is 0 Å². The van der Waals surface area contributed by atoms with Gasteiger partial charge in [0, 0.05) is 6.54 Å². The van der Waals surface area contributed by atoms with Gasteiger partial charge in [-0.2, -0.15) is 0 Å². The van der Waals surface area contributed by atoms with Crippen LogP contribution in [0.25, 0.3) is 0 Å². The van der Waals surface area contributed by atoms with E-state index < -0.39 is 34.5 Å². The Bertz CT molecular complexity index is 513. The summed E-state index contributed by atoms with van der Waals surface area (Å²) in [5.41, 5.74) is 4.64. The van der Waals surface area contributed by atoms with Crippen molar-refractivity contribution in [2.75, 3.05) is 6.54 Å². The Balaban J connectivity index is 2.21. The van der Waals surface area contributed by atoms with Crippen molar-refractivity contribution in [1.82, 2.24) is 5.32 Å². The molecule has 0 heterocycles. The number of carbonyl (C=O) groups is 1. The second-order valence-corrected chi connectivity index (χ2v) is 5.22. The topological polar surface area (TPSA) is 55.1 Å². The summed E-state index contributed by atoms with van der Waals surface area (Å²) in [5.74, 6) is -5.17. The van der Waals surface area contributed by atoms with Crippen LogP contribution in [0.1, 0.15) is 42.5 Å². The molecule has 3 N–H and O–H groups in total. The lowest BCUT2D eigenvalue weighted by molar-refractivity contribution is 0.0869. The zero-order chi connectivity index (χ0) is 14.8. The number of nitrogens with two attached hydrogens (primary N) is 1. The molecule has 20 heavy (non-hydrogen) atoms. The Morgan fingerprint density at radius 2 is 1.80 bits per heavy atom. The van der Waals surface area contributed by atoms with Crippen LogP contribution in [-0.4, -0.2) is 18.0 Å². The lowest BCUT2D eigenvalue weighted by Gasteiger charge is -2.37. The first kappa shape index (κ1) is 14.8. The molecule has 0 aromatic heterocycles. The molecule has 1 fully saturated rings. The van der Waals surface area contributed by atoms with Gasteiger partial charge in [0.1, 0.15) is 0 Å². The van der Waals surface area contributed by atoms with Crippen LogP contribution in [0.15, 0.2) is 12.1 Å². The van der Waals surface area contributed by atoms with E-state index in [1.165, 1.54) is 0 Å². The zero-order valence-electron chi connectivity index (χ0n) is 11.0. The Kier molecular flexibility index (Phi) is 4.32. The van der Waals surface area contributed by atoms with Crippen LogP contribution in [0.4, 0.5) is 13.2 Å². The van der Waals surface area contributed by atoms with Crippen molar-refractivity contribution in [2.24, 2.45) is 5.73 Å². The summed E-state index contributed by atoms with van der Waals surface area (Å²) in [7, 11) is 0. The SMILES string of the molecule is NCC1(NC(=O)c2ccc(F)c(F)c2F)CCCCC1. The van der Waals surface area contributed by atoms with Crippen LogP contribution in [0, 0.1) is 17.5 Å². The highest BCUT2D eigenvalue weighted by Gasteiger charge is 2.33. The van der Waals surface area contributed by atoms with Gasteiger partial charge in [-0.3, -0.25) is 4.79 Å². The van der Waals surface area contributed by atoms with Gasteiger partial charge in [0.05, 0.1) is 11.1 Å². The van der Waals surface area contributed by atoms with Crippen molar-refractivity contribution < 1.29 is 18.0 Å². The number of hydrogen-bond acceptors (Lipinski definition) is 2. The van der Waals surface area contributed by atoms with Crippen molar-refractivity contribution in [2.45, 2.75) is 37.6 Å². The Labute approximate surface area is 115 Å². The predicted molar refractivity (Wildman–Crippen MR) is 68.7 cm³/mol. The van der Waals surface area contributed by atoms with Crippen LogP contribution in [-0.2, 0) is 0 Å². The van der Waals surface area contributed by atoms with Gasteiger partial charge in [-0.05, 0) is 25.0 Å². The Morgan fingerprint density at radius 1 is 1.15 bits per heavy atom. The van der Waals surface area contributed by atoms with Gasteiger partial charge in [0.2, 0.25) is 0 Å². The van der Waals surface area contributed by atoms with Gasteiger partial charge in [0.25, 0.3) is 5.91 Å². The van der Waals surface area contributed by atoms with Crippen LogP contribution in [0.2, 0.25) is 0 Å². The molecule has 0 bridgehead atoms. The second kappa shape index (κ2) is 5.83. The summed E-state index contributed by atoms with van der Waals surface area (Å²) in [6, 6.07) is 1.68. The number of nitrogens with one attached hydrogen (secondary N) is 1. The van der Waals surface area contributed by atoms with Crippen molar-refractivity contribution in [1.29, 1.82) is 0 Å². The molecule has 1 aromatic carbocycles. The first-order valence-corrected chi connectivity index (χ1v) is 6.65. The van der Waals surface area contributed by atoms with Crippen LogP contribution < -0.4 is 11.1 Å². The molecule has 110 valence electrons. The molecule has 6 heteroatoms. The van der Waals surface area contributed by atoms with E-state index in [-0.39, 0.29) is 6.54 Å². The molecule has 0 saturated heterocycles. The highest BCUT2D eigenvalue weighted by molar-refractivity contribution is 5.95. The molecule has 0 atom stereocenters. The smallest absolute Gasteiger partial charge is 0.254 e. The van der Waals surface area contributed by atoms with Gasteiger partial charge in [-0.1, -0.05) is 19.3 Å². The Morgan fingerprint density at radius 3 is 2.40 bits per heavy atom. The molecular formula is C14H17F3N2O. The average molecular weight is 286 g/mol. The molecule has 2 rings (SSSR count). The quantitative estimate of drug-likeness (QED) is 0.839. The van der Waals surface area contributed by atoms with Crippen molar-refractivity contribution in [3.63, 3.8) is 0 Å². The van der Waals surface area contributed by atoms with E-state index in [9.17, 15) is 18.0 Å². The Hall–Kier alpha value is -1.56. The van der Waals surface area contributed by atoms with E-state index in [2.05, 4.69) is 5.32 Å². The number of rotatable bonds is 3. The number of benzene rings is 1. The van der Waals surface area contributed by atoms with Crippen LogP contribution >= 0.6 is 0 Å². The van der Waals surface area contributed by atoms with E-state index in [4.69, 9.17) is 5.73 Å². The average Bonchev–Trinajstić information content (AvgIpc) is 2.45. The normalized spacial score (nSPS) is 17.8. The first-order chi connectivity index (χ1) is 9.49. The maximum absolute atomic E-state index is 13.6. The summed E-state index contributed by atoms with van der Waals surface area (Å²) >= 11 is 0. The molecule has 0 radical (unpaired) electrons. The summed E-state index contributed by atoms with van der Waals surface area (Å²) in [5, 5.41) is 2.69. The highest BCUT2D eigenvalue weighted by Crippen LogP contribution is 2.28. The molecule has 3 nitrogen and oxygen atoms in total. The third kappa shape index (κ3) is 2.80. The number of carbonyl (C=O) groups excluding carboxylic acids is 1. The third-order valence-electron chi connectivity index (χ3n) is 3.86. The maximum Gasteiger partial charge on any atom is 0.254 e. The standard InChI is InChI=1S/C14H17F3N2O/c15-10-5-4-9(11(16)12(10)17)13(20)19-14(8-18)6-2-1-3-7-14/h4-5H,1-3,6-8,18H2,(H,19,20). The lowest BCUT2D eigenvalue weighted by Crippen LogP contribution is -2.54. The highest BCUT2D eigenvalue weighted by atomic mass is 19.2. The van der Waals surface area contributed by atoms with E-state index in [1.54, 1.807) is 0 Å². The van der Waals surface area contributed by atoms with Crippen molar-refractivity contribution in [3.05, 3.63) is 35.1 Å². The van der Waals surface area contributed by atoms with Gasteiger partial charge in [-0.15, -0.1) is 0 Å². The first-order valence-electron chi connectivity index (χ1n) is 6.65. The minimum Gasteiger partial charge on any atom is -0.345 e. The van der Waals surface area contributed by atoms with Crippen molar-refractivity contribution >= 4 is 5.91 Å². The lowest BCUT2D eigenvalue weighted by atomic mass is 9.81. The zero-order valence-corrected chi connectivity index (χ0v) is 11.0. The fourth-order valence-corrected chi connectivity index (χ4v) is 2.62. The molecule has 1 saturated carbocycles. The number of hydrogen-bond donors (Lipinski definition) is 2. The molecular weight excluding hydrogens is 269 g/mol. The third-order valence-corrected chi connectivity index (χ3v) is 3.86. The van der Waals surface area contributed by atoms with Gasteiger partial charge in [0.15, 0.2) is 17.5 Å². The van der Waals surface area contributed by atoms with Crippen LogP contribution in [0.5, 0.6) is 0 Å². The van der Waals surface area contributed by atoms with E-state index >= 15 is 0 Å². The molecule has 1 aliphatic rings. The minimum atomic E-state index is -1.64. The molecule has 0 unspecified atom stereocenters. The second-order valence-electron chi connectivity index (χ2n) is 5.22. The van der Waals surface area contributed by atoms with Gasteiger partial charge >= 0.3 is 0 Å². The maximum atomic E-state index is 13.6. The van der Waals surface area contributed by atoms with E-state index in [0.29, 0.717) is 12.8 Å². The van der Waals surface area contributed by atoms with Crippen LogP contribution in [0.3, 0.4) is 0 Å². The van der Waals surface area contributed by atoms with Gasteiger partial charge in [-0.25, -0.2) is 13.2 Å². The molecule has 0 spiro atoms. The fraction of sp³-hybridized carbons (Fsp3) is 0.500. The molecule has 0 aliphatic heterocycles.